The van der Waals surface area contributed by atoms with E-state index in [-0.39, 0.29) is 6.10 Å². The summed E-state index contributed by atoms with van der Waals surface area (Å²) in [6.07, 6.45) is 3.56. The number of anilines is 1. The number of methoxy groups -OCH3 is 1. The number of hydrogen-bond acceptors (Lipinski definition) is 2. The maximum atomic E-state index is 5.57. The molecule has 16 heavy (non-hydrogen) atoms. The van der Waals surface area contributed by atoms with E-state index in [1.807, 2.05) is 0 Å². The van der Waals surface area contributed by atoms with Crippen molar-refractivity contribution in [2.45, 2.75) is 32.3 Å². The molecule has 0 aliphatic carbocycles. The van der Waals surface area contributed by atoms with E-state index in [1.165, 1.54) is 27.7 Å². The zero-order valence-electron chi connectivity index (χ0n) is 9.85. The Kier molecular flexibility index (Phi) is 3.87. The maximum absolute atomic E-state index is 5.57. The van der Waals surface area contributed by atoms with E-state index in [4.69, 9.17) is 4.74 Å². The minimum Gasteiger partial charge on any atom is -0.385 e. The average molecular weight is 284 g/mol. The van der Waals surface area contributed by atoms with Crippen LogP contribution >= 0.6 is 15.9 Å². The first kappa shape index (κ1) is 11.9. The highest BCUT2D eigenvalue weighted by Crippen LogP contribution is 2.37. The molecule has 0 amide bonds. The SMILES string of the molecule is CCC(OC)c1c(Br)ccc2c1CCCN2. The lowest BCUT2D eigenvalue weighted by molar-refractivity contribution is 0.0987. The van der Waals surface area contributed by atoms with Gasteiger partial charge in [0, 0.05) is 29.4 Å². The number of fused-ring (bicyclic) bond motifs is 1. The molecule has 1 aromatic rings. The lowest BCUT2D eigenvalue weighted by Gasteiger charge is -2.25. The number of nitrogens with one attached hydrogen (secondary N) is 1. The molecule has 0 fully saturated rings. The van der Waals surface area contributed by atoms with Crippen molar-refractivity contribution >= 4 is 21.6 Å². The molecule has 1 aliphatic heterocycles. The first-order valence-corrected chi connectivity index (χ1v) is 6.65. The molecule has 1 N–H and O–H groups in total. The van der Waals surface area contributed by atoms with Gasteiger partial charge in [0.2, 0.25) is 0 Å². The number of benzene rings is 1. The van der Waals surface area contributed by atoms with Crippen LogP contribution in [0, 0.1) is 0 Å². The average Bonchev–Trinajstić information content (AvgIpc) is 2.33. The van der Waals surface area contributed by atoms with Crippen molar-refractivity contribution in [1.82, 2.24) is 0 Å². The molecule has 0 saturated carbocycles. The third-order valence-corrected chi connectivity index (χ3v) is 3.89. The van der Waals surface area contributed by atoms with Crippen LogP contribution in [0.2, 0.25) is 0 Å². The summed E-state index contributed by atoms with van der Waals surface area (Å²) in [5.74, 6) is 0. The number of ether oxygens (including phenoxy) is 1. The first-order chi connectivity index (χ1) is 7.77. The number of halogens is 1. The van der Waals surface area contributed by atoms with Crippen molar-refractivity contribution < 1.29 is 4.74 Å². The van der Waals surface area contributed by atoms with Gasteiger partial charge in [-0.15, -0.1) is 0 Å². The molecule has 88 valence electrons. The predicted molar refractivity (Wildman–Crippen MR) is 71.0 cm³/mol. The molecule has 1 aliphatic rings. The summed E-state index contributed by atoms with van der Waals surface area (Å²) in [4.78, 5) is 0. The van der Waals surface area contributed by atoms with Crippen LogP contribution in [0.15, 0.2) is 16.6 Å². The lowest BCUT2D eigenvalue weighted by atomic mass is 9.93. The van der Waals surface area contributed by atoms with E-state index >= 15 is 0 Å². The van der Waals surface area contributed by atoms with Crippen molar-refractivity contribution in [2.75, 3.05) is 19.0 Å². The Morgan fingerprint density at radius 1 is 1.50 bits per heavy atom. The van der Waals surface area contributed by atoms with Crippen LogP contribution in [0.3, 0.4) is 0 Å². The van der Waals surface area contributed by atoms with Crippen molar-refractivity contribution in [1.29, 1.82) is 0 Å². The highest BCUT2D eigenvalue weighted by Gasteiger charge is 2.20. The largest absolute Gasteiger partial charge is 0.385 e. The Balaban J connectivity index is 2.48. The van der Waals surface area contributed by atoms with Crippen LogP contribution in [0.5, 0.6) is 0 Å². The fourth-order valence-electron chi connectivity index (χ4n) is 2.40. The summed E-state index contributed by atoms with van der Waals surface area (Å²) in [7, 11) is 1.79. The quantitative estimate of drug-likeness (QED) is 0.908. The molecule has 0 aromatic heterocycles. The maximum Gasteiger partial charge on any atom is 0.0832 e. The van der Waals surface area contributed by atoms with Crippen LogP contribution in [0.25, 0.3) is 0 Å². The summed E-state index contributed by atoms with van der Waals surface area (Å²) in [6, 6.07) is 4.28. The fraction of sp³-hybridized carbons (Fsp3) is 0.538. The van der Waals surface area contributed by atoms with Crippen molar-refractivity contribution in [3.8, 4) is 0 Å². The summed E-state index contributed by atoms with van der Waals surface area (Å²) < 4.78 is 6.74. The first-order valence-electron chi connectivity index (χ1n) is 5.85. The molecule has 2 nitrogen and oxygen atoms in total. The van der Waals surface area contributed by atoms with E-state index in [1.54, 1.807) is 7.11 Å². The highest BCUT2D eigenvalue weighted by molar-refractivity contribution is 9.10. The standard InChI is InChI=1S/C13H18BrNO/c1-3-12(16-2)13-9-5-4-8-15-11(9)7-6-10(13)14/h6-7,12,15H,3-5,8H2,1-2H3. The van der Waals surface area contributed by atoms with Crippen molar-refractivity contribution in [3.05, 3.63) is 27.7 Å². The van der Waals surface area contributed by atoms with Gasteiger partial charge in [0.15, 0.2) is 0 Å². The molecule has 1 aromatic carbocycles. The number of rotatable bonds is 3. The number of hydrogen-bond donors (Lipinski definition) is 1. The Hall–Kier alpha value is -0.540. The molecule has 1 heterocycles. The van der Waals surface area contributed by atoms with Crippen LogP contribution in [0.1, 0.15) is 37.0 Å². The smallest absolute Gasteiger partial charge is 0.0832 e. The molecular formula is C13H18BrNO. The molecule has 0 bridgehead atoms. The highest BCUT2D eigenvalue weighted by atomic mass is 79.9. The van der Waals surface area contributed by atoms with Crippen LogP contribution < -0.4 is 5.32 Å². The predicted octanol–water partition coefficient (Wildman–Crippen LogP) is 3.90. The lowest BCUT2D eigenvalue weighted by Crippen LogP contribution is -2.16. The van der Waals surface area contributed by atoms with Gasteiger partial charge in [0.05, 0.1) is 6.10 Å². The minimum atomic E-state index is 0.198. The summed E-state index contributed by atoms with van der Waals surface area (Å²) in [5, 5.41) is 3.46. The van der Waals surface area contributed by atoms with Crippen LogP contribution in [-0.2, 0) is 11.2 Å². The summed E-state index contributed by atoms with van der Waals surface area (Å²) in [5.41, 5.74) is 4.03. The third-order valence-electron chi connectivity index (χ3n) is 3.20. The van der Waals surface area contributed by atoms with E-state index in [0.29, 0.717) is 0 Å². The zero-order valence-corrected chi connectivity index (χ0v) is 11.4. The van der Waals surface area contributed by atoms with Gasteiger partial charge in [-0.05, 0) is 37.0 Å². The second kappa shape index (κ2) is 5.19. The molecule has 2 rings (SSSR count). The van der Waals surface area contributed by atoms with E-state index in [2.05, 4.69) is 40.3 Å². The summed E-state index contributed by atoms with van der Waals surface area (Å²) in [6.45, 7) is 3.24. The molecule has 0 saturated heterocycles. The van der Waals surface area contributed by atoms with E-state index in [0.717, 1.165) is 19.4 Å². The topological polar surface area (TPSA) is 21.3 Å². The zero-order chi connectivity index (χ0) is 11.5. The second-order valence-corrected chi connectivity index (χ2v) is 5.00. The molecule has 3 heteroatoms. The Morgan fingerprint density at radius 3 is 3.00 bits per heavy atom. The fourth-order valence-corrected chi connectivity index (χ4v) is 3.02. The molecular weight excluding hydrogens is 266 g/mol. The van der Waals surface area contributed by atoms with Gasteiger partial charge >= 0.3 is 0 Å². The van der Waals surface area contributed by atoms with Gasteiger partial charge in [-0.2, -0.15) is 0 Å². The Bertz CT molecular complexity index is 374. The minimum absolute atomic E-state index is 0.198. The normalized spacial score (nSPS) is 16.4. The van der Waals surface area contributed by atoms with Gasteiger partial charge in [-0.3, -0.25) is 0 Å². The van der Waals surface area contributed by atoms with Crippen LogP contribution in [0.4, 0.5) is 5.69 Å². The monoisotopic (exact) mass is 283 g/mol. The third kappa shape index (κ3) is 2.11. The van der Waals surface area contributed by atoms with Crippen molar-refractivity contribution in [2.24, 2.45) is 0 Å². The van der Waals surface area contributed by atoms with Gasteiger partial charge in [0.1, 0.15) is 0 Å². The van der Waals surface area contributed by atoms with Gasteiger partial charge < -0.3 is 10.1 Å². The Labute approximate surface area is 106 Å². The van der Waals surface area contributed by atoms with Crippen LogP contribution in [-0.4, -0.2) is 13.7 Å². The molecule has 1 unspecified atom stereocenters. The van der Waals surface area contributed by atoms with Gasteiger partial charge in [0.25, 0.3) is 0 Å². The second-order valence-electron chi connectivity index (χ2n) is 4.15. The Morgan fingerprint density at radius 2 is 2.31 bits per heavy atom. The molecule has 1 atom stereocenters. The van der Waals surface area contributed by atoms with E-state index < -0.39 is 0 Å². The molecule has 0 spiro atoms. The van der Waals surface area contributed by atoms with E-state index in [9.17, 15) is 0 Å². The van der Waals surface area contributed by atoms with Crippen molar-refractivity contribution in [3.63, 3.8) is 0 Å². The van der Waals surface area contributed by atoms with Gasteiger partial charge in [-0.1, -0.05) is 22.9 Å². The molecule has 0 radical (unpaired) electrons. The van der Waals surface area contributed by atoms with Gasteiger partial charge in [-0.25, -0.2) is 0 Å². The summed E-state index contributed by atoms with van der Waals surface area (Å²) >= 11 is 3.65.